The van der Waals surface area contributed by atoms with Crippen LogP contribution in [0.25, 0.3) is 0 Å². The second-order valence-corrected chi connectivity index (χ2v) is 3.38. The fourth-order valence-electron chi connectivity index (χ4n) is 1.30. The quantitative estimate of drug-likeness (QED) is 0.821. The third-order valence-electron chi connectivity index (χ3n) is 2.13. The van der Waals surface area contributed by atoms with Crippen molar-refractivity contribution in [2.45, 2.75) is 0 Å². The third kappa shape index (κ3) is 4.52. The molecule has 0 spiro atoms. The van der Waals surface area contributed by atoms with Crippen LogP contribution in [0.4, 0.5) is 0 Å². The van der Waals surface area contributed by atoms with E-state index in [9.17, 15) is 9.59 Å². The molecule has 18 heavy (non-hydrogen) atoms. The minimum absolute atomic E-state index is 0.190. The highest BCUT2D eigenvalue weighted by molar-refractivity contribution is 6.01. The zero-order valence-electron chi connectivity index (χ0n) is 9.67. The van der Waals surface area contributed by atoms with Crippen molar-refractivity contribution in [3.05, 3.63) is 35.4 Å². The van der Waals surface area contributed by atoms with E-state index in [1.54, 1.807) is 0 Å². The number of ether oxygens (including phenoxy) is 2. The number of benzene rings is 1. The Labute approximate surface area is 104 Å². The molecule has 0 atom stereocenters. The molecule has 2 N–H and O–H groups in total. The van der Waals surface area contributed by atoms with E-state index in [-0.39, 0.29) is 11.1 Å². The summed E-state index contributed by atoms with van der Waals surface area (Å²) in [4.78, 5) is 20.9. The molecule has 0 bridgehead atoms. The molecule has 1 heterocycles. The average Bonchev–Trinajstić information content (AvgIpc) is 2.41. The molecule has 1 aliphatic heterocycles. The van der Waals surface area contributed by atoms with Crippen molar-refractivity contribution in [1.29, 1.82) is 0 Å². The van der Waals surface area contributed by atoms with Crippen molar-refractivity contribution >= 4 is 11.9 Å². The summed E-state index contributed by atoms with van der Waals surface area (Å²) in [5, 5.41) is 17.1. The Kier molecular flexibility index (Phi) is 5.83. The Bertz CT molecular complexity index is 366. The highest BCUT2D eigenvalue weighted by Gasteiger charge is 2.13. The van der Waals surface area contributed by atoms with Gasteiger partial charge in [-0.15, -0.1) is 0 Å². The molecule has 0 amide bonds. The molecule has 1 aromatic rings. The lowest BCUT2D eigenvalue weighted by Gasteiger charge is -2.09. The lowest BCUT2D eigenvalue weighted by atomic mass is 10.1. The SMILES string of the molecule is C1COCCO1.O=C(O)c1ccccc1C(=O)O. The minimum Gasteiger partial charge on any atom is -0.478 e. The number of carboxylic acids is 2. The molecule has 0 aliphatic carbocycles. The van der Waals surface area contributed by atoms with Gasteiger partial charge < -0.3 is 19.7 Å². The minimum atomic E-state index is -1.23. The Hall–Kier alpha value is -1.92. The fourth-order valence-corrected chi connectivity index (χ4v) is 1.30. The summed E-state index contributed by atoms with van der Waals surface area (Å²) >= 11 is 0. The van der Waals surface area contributed by atoms with E-state index in [0.29, 0.717) is 0 Å². The number of hydrogen-bond donors (Lipinski definition) is 2. The monoisotopic (exact) mass is 254 g/mol. The lowest BCUT2D eigenvalue weighted by Crippen LogP contribution is -2.16. The predicted octanol–water partition coefficient (Wildman–Crippen LogP) is 1.12. The van der Waals surface area contributed by atoms with E-state index in [0.717, 1.165) is 26.4 Å². The van der Waals surface area contributed by atoms with E-state index < -0.39 is 11.9 Å². The summed E-state index contributed by atoms with van der Waals surface area (Å²) in [6, 6.07) is 5.48. The van der Waals surface area contributed by atoms with Crippen molar-refractivity contribution in [2.24, 2.45) is 0 Å². The largest absolute Gasteiger partial charge is 0.478 e. The van der Waals surface area contributed by atoms with Crippen molar-refractivity contribution in [3.8, 4) is 0 Å². The van der Waals surface area contributed by atoms with Crippen LogP contribution < -0.4 is 0 Å². The lowest BCUT2D eigenvalue weighted by molar-refractivity contribution is -0.0334. The number of hydrogen-bond acceptors (Lipinski definition) is 4. The molecule has 6 nitrogen and oxygen atoms in total. The summed E-state index contributed by atoms with van der Waals surface area (Å²) in [6.07, 6.45) is 0. The summed E-state index contributed by atoms with van der Waals surface area (Å²) in [5.41, 5.74) is -0.380. The molecular formula is C12H14O6. The summed E-state index contributed by atoms with van der Waals surface area (Å²) in [6.45, 7) is 3.11. The van der Waals surface area contributed by atoms with E-state index in [1.165, 1.54) is 24.3 Å². The fraction of sp³-hybridized carbons (Fsp3) is 0.333. The molecule has 0 saturated carbocycles. The van der Waals surface area contributed by atoms with Crippen LogP contribution in [0, 0.1) is 0 Å². The standard InChI is InChI=1S/C8H6O4.C4H8O2/c9-7(10)5-3-1-2-4-6(5)8(11)12;1-2-6-4-3-5-1/h1-4H,(H,9,10)(H,11,12);1-4H2. The second kappa shape index (κ2) is 7.41. The summed E-state index contributed by atoms with van der Waals surface area (Å²) in [7, 11) is 0. The van der Waals surface area contributed by atoms with Crippen LogP contribution in [0.3, 0.4) is 0 Å². The normalized spacial score (nSPS) is 14.2. The van der Waals surface area contributed by atoms with Crippen molar-refractivity contribution < 1.29 is 29.3 Å². The number of rotatable bonds is 2. The molecule has 1 aromatic carbocycles. The topological polar surface area (TPSA) is 93.1 Å². The smallest absolute Gasteiger partial charge is 0.336 e. The van der Waals surface area contributed by atoms with Gasteiger partial charge in [-0.1, -0.05) is 12.1 Å². The van der Waals surface area contributed by atoms with Gasteiger partial charge in [0.15, 0.2) is 0 Å². The maximum atomic E-state index is 10.5. The predicted molar refractivity (Wildman–Crippen MR) is 62.0 cm³/mol. The van der Waals surface area contributed by atoms with Gasteiger partial charge in [-0.2, -0.15) is 0 Å². The first-order valence-electron chi connectivity index (χ1n) is 5.34. The van der Waals surface area contributed by atoms with E-state index in [1.807, 2.05) is 0 Å². The van der Waals surface area contributed by atoms with Crippen LogP contribution in [0.2, 0.25) is 0 Å². The average molecular weight is 254 g/mol. The molecule has 2 rings (SSSR count). The summed E-state index contributed by atoms with van der Waals surface area (Å²) in [5.74, 6) is -2.46. The van der Waals surface area contributed by atoms with Crippen molar-refractivity contribution in [3.63, 3.8) is 0 Å². The highest BCUT2D eigenvalue weighted by atomic mass is 16.6. The summed E-state index contributed by atoms with van der Waals surface area (Å²) < 4.78 is 9.89. The Morgan fingerprint density at radius 3 is 1.39 bits per heavy atom. The first-order valence-corrected chi connectivity index (χ1v) is 5.34. The Morgan fingerprint density at radius 1 is 0.833 bits per heavy atom. The Balaban J connectivity index is 0.000000225. The molecule has 1 fully saturated rings. The third-order valence-corrected chi connectivity index (χ3v) is 2.13. The van der Waals surface area contributed by atoms with Gasteiger partial charge in [0.25, 0.3) is 0 Å². The molecular weight excluding hydrogens is 240 g/mol. The van der Waals surface area contributed by atoms with Gasteiger partial charge in [0, 0.05) is 0 Å². The van der Waals surface area contributed by atoms with Crippen LogP contribution in [-0.4, -0.2) is 48.6 Å². The Morgan fingerprint density at radius 2 is 1.17 bits per heavy atom. The van der Waals surface area contributed by atoms with Crippen LogP contribution in [0.1, 0.15) is 20.7 Å². The molecule has 98 valence electrons. The van der Waals surface area contributed by atoms with Gasteiger partial charge in [0.1, 0.15) is 0 Å². The molecule has 0 unspecified atom stereocenters. The maximum absolute atomic E-state index is 10.5. The van der Waals surface area contributed by atoms with Gasteiger partial charge in [0.05, 0.1) is 37.6 Å². The maximum Gasteiger partial charge on any atom is 0.336 e. The molecule has 0 radical (unpaired) electrons. The zero-order chi connectivity index (χ0) is 13.4. The molecule has 6 heteroatoms. The van der Waals surface area contributed by atoms with Crippen LogP contribution in [0.15, 0.2) is 24.3 Å². The van der Waals surface area contributed by atoms with Crippen LogP contribution in [0.5, 0.6) is 0 Å². The zero-order valence-corrected chi connectivity index (χ0v) is 9.67. The molecule has 1 saturated heterocycles. The van der Waals surface area contributed by atoms with Crippen molar-refractivity contribution in [1.82, 2.24) is 0 Å². The van der Waals surface area contributed by atoms with Gasteiger partial charge in [0.2, 0.25) is 0 Å². The number of carboxylic acid groups (broad SMARTS) is 2. The van der Waals surface area contributed by atoms with Crippen LogP contribution >= 0.6 is 0 Å². The number of carbonyl (C=O) groups is 2. The van der Waals surface area contributed by atoms with Gasteiger partial charge in [-0.05, 0) is 12.1 Å². The molecule has 1 aliphatic rings. The van der Waals surface area contributed by atoms with Crippen LogP contribution in [-0.2, 0) is 9.47 Å². The van der Waals surface area contributed by atoms with Gasteiger partial charge in [-0.3, -0.25) is 0 Å². The van der Waals surface area contributed by atoms with Gasteiger partial charge >= 0.3 is 11.9 Å². The van der Waals surface area contributed by atoms with Crippen molar-refractivity contribution in [2.75, 3.05) is 26.4 Å². The molecule has 0 aromatic heterocycles. The first kappa shape index (κ1) is 14.1. The highest BCUT2D eigenvalue weighted by Crippen LogP contribution is 2.07. The first-order chi connectivity index (χ1) is 8.63. The number of aromatic carboxylic acids is 2. The second-order valence-electron chi connectivity index (χ2n) is 3.38. The van der Waals surface area contributed by atoms with E-state index in [2.05, 4.69) is 0 Å². The van der Waals surface area contributed by atoms with E-state index >= 15 is 0 Å². The van der Waals surface area contributed by atoms with Gasteiger partial charge in [-0.25, -0.2) is 9.59 Å². The van der Waals surface area contributed by atoms with E-state index in [4.69, 9.17) is 19.7 Å².